The van der Waals surface area contributed by atoms with Gasteiger partial charge in [0.25, 0.3) is 0 Å². The third-order valence-electron chi connectivity index (χ3n) is 3.51. The van der Waals surface area contributed by atoms with Gasteiger partial charge in [-0.2, -0.15) is 4.39 Å². The average Bonchev–Trinajstić information content (AvgIpc) is 2.58. The van der Waals surface area contributed by atoms with E-state index >= 15 is 0 Å². The lowest BCUT2D eigenvalue weighted by Gasteiger charge is -2.11. The summed E-state index contributed by atoms with van der Waals surface area (Å²) in [6, 6.07) is 18.9. The maximum absolute atomic E-state index is 14.3. The van der Waals surface area contributed by atoms with E-state index in [-0.39, 0.29) is 17.9 Å². The molecule has 2 N–H and O–H groups in total. The van der Waals surface area contributed by atoms with Gasteiger partial charge >= 0.3 is 0 Å². The zero-order valence-corrected chi connectivity index (χ0v) is 12.3. The zero-order valence-electron chi connectivity index (χ0n) is 12.3. The van der Waals surface area contributed by atoms with E-state index in [0.717, 1.165) is 5.56 Å². The minimum Gasteiger partial charge on any atom is -0.486 e. The summed E-state index contributed by atoms with van der Waals surface area (Å²) in [6.07, 6.45) is 0. The highest BCUT2D eigenvalue weighted by Gasteiger charge is 2.15. The Kier molecular flexibility index (Phi) is 4.24. The molecule has 0 aliphatic rings. The highest BCUT2D eigenvalue weighted by Crippen LogP contribution is 2.30. The first kappa shape index (κ1) is 15.0. The summed E-state index contributed by atoms with van der Waals surface area (Å²) in [7, 11) is 0. The van der Waals surface area contributed by atoms with E-state index in [0.29, 0.717) is 11.3 Å². The number of nitrogens with two attached hydrogens (primary N) is 1. The monoisotopic (exact) mass is 311 g/mol. The molecule has 116 valence electrons. The molecule has 0 unspecified atom stereocenters. The summed E-state index contributed by atoms with van der Waals surface area (Å²) in [4.78, 5) is 0. The zero-order chi connectivity index (χ0) is 16.2. The van der Waals surface area contributed by atoms with Gasteiger partial charge in [0.15, 0.2) is 11.6 Å². The van der Waals surface area contributed by atoms with Crippen LogP contribution in [0.2, 0.25) is 0 Å². The number of hydrogen-bond donors (Lipinski definition) is 1. The van der Waals surface area contributed by atoms with Crippen LogP contribution in [-0.4, -0.2) is 0 Å². The molecule has 0 spiro atoms. The average molecular weight is 311 g/mol. The minimum atomic E-state index is -0.991. The second-order valence-corrected chi connectivity index (χ2v) is 5.14. The second-order valence-electron chi connectivity index (χ2n) is 5.14. The molecule has 0 saturated carbocycles. The summed E-state index contributed by atoms with van der Waals surface area (Å²) >= 11 is 0. The van der Waals surface area contributed by atoms with Gasteiger partial charge in [0.1, 0.15) is 6.61 Å². The normalized spacial score (nSPS) is 10.5. The van der Waals surface area contributed by atoms with Crippen molar-refractivity contribution < 1.29 is 13.5 Å². The van der Waals surface area contributed by atoms with Crippen molar-refractivity contribution in [3.8, 4) is 16.9 Å². The predicted molar refractivity (Wildman–Crippen MR) is 87.0 cm³/mol. The number of nitrogen functional groups attached to an aromatic ring is 1. The van der Waals surface area contributed by atoms with Crippen LogP contribution in [0.3, 0.4) is 0 Å². The lowest BCUT2D eigenvalue weighted by atomic mass is 10.0. The number of ether oxygens (including phenoxy) is 1. The molecule has 0 fully saturated rings. The maximum atomic E-state index is 14.3. The van der Waals surface area contributed by atoms with Gasteiger partial charge in [-0.15, -0.1) is 0 Å². The molecule has 2 nitrogen and oxygen atoms in total. The van der Waals surface area contributed by atoms with E-state index in [9.17, 15) is 8.78 Å². The maximum Gasteiger partial charge on any atom is 0.201 e. The minimum absolute atomic E-state index is 0.106. The van der Waals surface area contributed by atoms with Crippen LogP contribution in [0.4, 0.5) is 14.5 Å². The number of halogens is 2. The molecule has 3 rings (SSSR count). The van der Waals surface area contributed by atoms with Gasteiger partial charge in [-0.1, -0.05) is 42.5 Å². The molecular formula is C19H15F2NO. The quantitative estimate of drug-likeness (QED) is 0.703. The Bertz CT molecular complexity index is 802. The Morgan fingerprint density at radius 1 is 0.783 bits per heavy atom. The van der Waals surface area contributed by atoms with Crippen LogP contribution in [0.1, 0.15) is 5.56 Å². The molecular weight excluding hydrogens is 296 g/mol. The van der Waals surface area contributed by atoms with Crippen molar-refractivity contribution in [2.24, 2.45) is 0 Å². The molecule has 3 aromatic rings. The fourth-order valence-electron chi connectivity index (χ4n) is 2.26. The van der Waals surface area contributed by atoms with Gasteiger partial charge in [-0.25, -0.2) is 4.39 Å². The van der Waals surface area contributed by atoms with E-state index in [4.69, 9.17) is 10.5 Å². The first-order valence-corrected chi connectivity index (χ1v) is 7.16. The van der Waals surface area contributed by atoms with Crippen LogP contribution in [0, 0.1) is 11.6 Å². The fraction of sp³-hybridized carbons (Fsp3) is 0.0526. The van der Waals surface area contributed by atoms with Crippen molar-refractivity contribution in [1.82, 2.24) is 0 Å². The summed E-state index contributed by atoms with van der Waals surface area (Å²) in [5, 5.41) is 0. The van der Waals surface area contributed by atoms with Crippen molar-refractivity contribution in [1.29, 1.82) is 0 Å². The van der Waals surface area contributed by atoms with Crippen LogP contribution >= 0.6 is 0 Å². The Balaban J connectivity index is 1.84. The lowest BCUT2D eigenvalue weighted by Crippen LogP contribution is -2.00. The van der Waals surface area contributed by atoms with Crippen LogP contribution in [0.25, 0.3) is 11.1 Å². The molecule has 0 aromatic heterocycles. The second kappa shape index (κ2) is 6.48. The predicted octanol–water partition coefficient (Wildman–Crippen LogP) is 4.79. The van der Waals surface area contributed by atoms with Gasteiger partial charge in [-0.3, -0.25) is 0 Å². The Labute approximate surface area is 133 Å². The number of anilines is 1. The highest BCUT2D eigenvalue weighted by atomic mass is 19.2. The number of hydrogen-bond acceptors (Lipinski definition) is 2. The summed E-state index contributed by atoms with van der Waals surface area (Å²) in [5.41, 5.74) is 7.79. The van der Waals surface area contributed by atoms with Gasteiger partial charge in [0.05, 0.1) is 0 Å². The molecule has 0 bridgehead atoms. The van der Waals surface area contributed by atoms with Gasteiger partial charge in [0, 0.05) is 11.3 Å². The van der Waals surface area contributed by atoms with Gasteiger partial charge in [-0.05, 0) is 35.4 Å². The van der Waals surface area contributed by atoms with E-state index in [1.807, 2.05) is 30.3 Å². The van der Waals surface area contributed by atoms with Crippen LogP contribution < -0.4 is 10.5 Å². The number of rotatable bonds is 4. The SMILES string of the molecule is Nc1ccc(-c2ccc(OCc3ccccc3)c(F)c2F)cc1. The van der Waals surface area contributed by atoms with Gasteiger partial charge in [0.2, 0.25) is 5.82 Å². The summed E-state index contributed by atoms with van der Waals surface area (Å²) in [6.45, 7) is 0.179. The molecule has 0 atom stereocenters. The number of benzene rings is 3. The molecule has 0 radical (unpaired) electrons. The van der Waals surface area contributed by atoms with Crippen LogP contribution in [0.15, 0.2) is 66.7 Å². The van der Waals surface area contributed by atoms with E-state index in [1.54, 1.807) is 24.3 Å². The molecule has 0 aliphatic carbocycles. The summed E-state index contributed by atoms with van der Waals surface area (Å²) < 4.78 is 33.9. The third kappa shape index (κ3) is 3.31. The molecule has 0 amide bonds. The Hall–Kier alpha value is -2.88. The first-order valence-electron chi connectivity index (χ1n) is 7.16. The lowest BCUT2D eigenvalue weighted by molar-refractivity contribution is 0.285. The topological polar surface area (TPSA) is 35.2 Å². The Morgan fingerprint density at radius 3 is 2.17 bits per heavy atom. The van der Waals surface area contributed by atoms with Crippen molar-refractivity contribution in [2.45, 2.75) is 6.61 Å². The van der Waals surface area contributed by atoms with Crippen molar-refractivity contribution >= 4 is 5.69 Å². The molecule has 0 heterocycles. The van der Waals surface area contributed by atoms with Crippen molar-refractivity contribution in [3.63, 3.8) is 0 Å². The molecule has 0 aliphatic heterocycles. The van der Waals surface area contributed by atoms with Crippen molar-refractivity contribution in [3.05, 3.63) is 83.9 Å². The molecule has 3 aromatic carbocycles. The Morgan fingerprint density at radius 2 is 1.48 bits per heavy atom. The van der Waals surface area contributed by atoms with Crippen molar-refractivity contribution in [2.75, 3.05) is 5.73 Å². The van der Waals surface area contributed by atoms with E-state index < -0.39 is 11.6 Å². The largest absolute Gasteiger partial charge is 0.486 e. The third-order valence-corrected chi connectivity index (χ3v) is 3.51. The molecule has 23 heavy (non-hydrogen) atoms. The smallest absolute Gasteiger partial charge is 0.201 e. The molecule has 4 heteroatoms. The van der Waals surface area contributed by atoms with Crippen LogP contribution in [0.5, 0.6) is 5.75 Å². The van der Waals surface area contributed by atoms with E-state index in [1.165, 1.54) is 12.1 Å². The molecule has 0 saturated heterocycles. The van der Waals surface area contributed by atoms with E-state index in [2.05, 4.69) is 0 Å². The summed E-state index contributed by atoms with van der Waals surface area (Å²) in [5.74, 6) is -2.03. The fourth-order valence-corrected chi connectivity index (χ4v) is 2.26. The highest BCUT2D eigenvalue weighted by molar-refractivity contribution is 5.67. The first-order chi connectivity index (χ1) is 11.1. The van der Waals surface area contributed by atoms with Crippen LogP contribution in [-0.2, 0) is 6.61 Å². The van der Waals surface area contributed by atoms with Gasteiger partial charge < -0.3 is 10.5 Å². The standard InChI is InChI=1S/C19H15F2NO/c20-18-16(14-6-8-15(22)9-7-14)10-11-17(19(18)21)23-12-13-4-2-1-3-5-13/h1-11H,12,22H2.